The van der Waals surface area contributed by atoms with Crippen LogP contribution in [0.15, 0.2) is 24.3 Å². The predicted octanol–water partition coefficient (Wildman–Crippen LogP) is 0.941. The molecular formula is C7H8AlF. The predicted molar refractivity (Wildman–Crippen MR) is 39.1 cm³/mol. The van der Waals surface area contributed by atoms with Gasteiger partial charge >= 0.3 is 15.7 Å². The van der Waals surface area contributed by atoms with Crippen LogP contribution in [0, 0.1) is 6.92 Å². The molecule has 0 spiro atoms. The topological polar surface area (TPSA) is 0 Å². The molecule has 0 aromatic heterocycles. The van der Waals surface area contributed by atoms with Crippen molar-refractivity contribution in [2.45, 2.75) is 6.92 Å². The molecule has 0 aliphatic carbocycles. The highest BCUT2D eigenvalue weighted by molar-refractivity contribution is 6.46. The van der Waals surface area contributed by atoms with Crippen LogP contribution in [-0.2, 0) is 0 Å². The van der Waals surface area contributed by atoms with Crippen LogP contribution in [0.5, 0.6) is 0 Å². The van der Waals surface area contributed by atoms with Crippen molar-refractivity contribution in [1.29, 1.82) is 0 Å². The normalized spacial score (nSPS) is 9.11. The molecule has 1 rings (SSSR count). The number of aryl methyl sites for hydroxylation is 1. The first-order valence-electron chi connectivity index (χ1n) is 2.94. The zero-order chi connectivity index (χ0) is 6.69. The van der Waals surface area contributed by atoms with E-state index in [1.807, 2.05) is 31.2 Å². The Balaban J connectivity index is 2.88. The molecule has 0 aliphatic rings. The van der Waals surface area contributed by atoms with Crippen LogP contribution in [0.4, 0.5) is 3.52 Å². The molecule has 0 bridgehead atoms. The van der Waals surface area contributed by atoms with E-state index in [0.29, 0.717) is 0 Å². The van der Waals surface area contributed by atoms with E-state index in [9.17, 15) is 3.52 Å². The van der Waals surface area contributed by atoms with Crippen molar-refractivity contribution in [3.8, 4) is 0 Å². The first-order valence-corrected chi connectivity index (χ1v) is 4.18. The smallest absolute Gasteiger partial charge is 0.416 e. The molecule has 9 heavy (non-hydrogen) atoms. The fourth-order valence-electron chi connectivity index (χ4n) is 0.677. The standard InChI is InChI=1S/C7H7.Al.FH.H/c1-7-5-3-2-4-6-7;;;/h3-6H,1H3;;1H;/q;+1;;/p-1. The maximum absolute atomic E-state index is 12.0. The average molecular weight is 138 g/mol. The van der Waals surface area contributed by atoms with Gasteiger partial charge in [-0.2, -0.15) is 0 Å². The van der Waals surface area contributed by atoms with Crippen molar-refractivity contribution in [3.05, 3.63) is 29.8 Å². The second kappa shape index (κ2) is 3.01. The van der Waals surface area contributed by atoms with Crippen molar-refractivity contribution < 1.29 is 3.52 Å². The van der Waals surface area contributed by atoms with Gasteiger partial charge < -0.3 is 3.52 Å². The molecule has 0 saturated carbocycles. The van der Waals surface area contributed by atoms with Gasteiger partial charge in [-0.3, -0.25) is 0 Å². The van der Waals surface area contributed by atoms with Crippen LogP contribution in [0.3, 0.4) is 0 Å². The Bertz CT molecular complexity index is 181. The molecular weight excluding hydrogens is 130 g/mol. The Morgan fingerprint density at radius 2 is 1.78 bits per heavy atom. The quantitative estimate of drug-likeness (QED) is 0.506. The van der Waals surface area contributed by atoms with Crippen molar-refractivity contribution in [1.82, 2.24) is 0 Å². The molecule has 0 fully saturated rings. The van der Waals surface area contributed by atoms with E-state index in [0.717, 1.165) is 4.43 Å². The minimum atomic E-state index is -1.42. The zero-order valence-corrected chi connectivity index (χ0v) is 6.81. The highest BCUT2D eigenvalue weighted by Gasteiger charge is 1.93. The number of hydrogen-bond acceptors (Lipinski definition) is 0. The van der Waals surface area contributed by atoms with Gasteiger partial charge in [0.25, 0.3) is 0 Å². The fourth-order valence-corrected chi connectivity index (χ4v) is 1.09. The molecule has 46 valence electrons. The van der Waals surface area contributed by atoms with Crippen LogP contribution in [0.25, 0.3) is 0 Å². The second-order valence-corrected chi connectivity index (χ2v) is 3.20. The molecule has 0 saturated heterocycles. The average Bonchev–Trinajstić information content (AvgIpc) is 1.90. The van der Waals surface area contributed by atoms with Gasteiger partial charge in [-0.15, -0.1) is 0 Å². The molecule has 0 radical (unpaired) electrons. The summed E-state index contributed by atoms with van der Waals surface area (Å²) in [6, 6.07) is 7.62. The van der Waals surface area contributed by atoms with Gasteiger partial charge in [-0.1, -0.05) is 34.3 Å². The lowest BCUT2D eigenvalue weighted by atomic mass is 10.2. The third kappa shape index (κ3) is 1.82. The Labute approximate surface area is 60.9 Å². The highest BCUT2D eigenvalue weighted by atomic mass is 27.2. The van der Waals surface area contributed by atoms with Gasteiger partial charge in [0.2, 0.25) is 0 Å². The van der Waals surface area contributed by atoms with Crippen LogP contribution >= 0.6 is 0 Å². The molecule has 0 amide bonds. The highest BCUT2D eigenvalue weighted by Crippen LogP contribution is 1.91. The Morgan fingerprint density at radius 3 is 2.22 bits per heavy atom. The lowest BCUT2D eigenvalue weighted by molar-refractivity contribution is 0.885. The summed E-state index contributed by atoms with van der Waals surface area (Å²) < 4.78 is 12.9. The summed E-state index contributed by atoms with van der Waals surface area (Å²) in [5.74, 6) is 0. The largest absolute Gasteiger partial charge is 0.532 e. The summed E-state index contributed by atoms with van der Waals surface area (Å²) in [5.41, 5.74) is 1.20. The molecule has 0 aliphatic heterocycles. The number of benzene rings is 1. The summed E-state index contributed by atoms with van der Waals surface area (Å²) in [5, 5.41) is 0. The Morgan fingerprint density at radius 1 is 1.22 bits per heavy atom. The van der Waals surface area contributed by atoms with Crippen LogP contribution in [0.2, 0.25) is 0 Å². The molecule has 1 aromatic carbocycles. The summed E-state index contributed by atoms with van der Waals surface area (Å²) in [4.78, 5) is 0. The monoisotopic (exact) mass is 138 g/mol. The number of rotatable bonds is 1. The van der Waals surface area contributed by atoms with Gasteiger partial charge in [-0.25, -0.2) is 0 Å². The Kier molecular flexibility index (Phi) is 2.27. The van der Waals surface area contributed by atoms with Gasteiger partial charge in [0.1, 0.15) is 0 Å². The van der Waals surface area contributed by atoms with E-state index in [2.05, 4.69) is 0 Å². The van der Waals surface area contributed by atoms with Crippen molar-refractivity contribution >= 4 is 20.1 Å². The number of hydrogen-bond donors (Lipinski definition) is 0. The van der Waals surface area contributed by atoms with Gasteiger partial charge in [0, 0.05) is 0 Å². The molecule has 0 nitrogen and oxygen atoms in total. The SMILES string of the molecule is Cc1cc[c]([AlH][F])cc1. The first-order chi connectivity index (χ1) is 4.33. The Hall–Kier alpha value is -0.318. The molecule has 1 aromatic rings. The molecule has 0 N–H and O–H groups in total. The summed E-state index contributed by atoms with van der Waals surface area (Å²) in [6.07, 6.45) is 0. The van der Waals surface area contributed by atoms with E-state index in [4.69, 9.17) is 0 Å². The molecule has 2 heteroatoms. The molecule has 0 heterocycles. The maximum Gasteiger partial charge on any atom is 0.532 e. The van der Waals surface area contributed by atoms with Gasteiger partial charge in [0.05, 0.1) is 0 Å². The van der Waals surface area contributed by atoms with Crippen molar-refractivity contribution in [2.75, 3.05) is 0 Å². The van der Waals surface area contributed by atoms with Crippen molar-refractivity contribution in [2.24, 2.45) is 0 Å². The fraction of sp³-hybridized carbons (Fsp3) is 0.143. The zero-order valence-electron chi connectivity index (χ0n) is 5.39. The van der Waals surface area contributed by atoms with Crippen molar-refractivity contribution in [3.63, 3.8) is 0 Å². The third-order valence-electron chi connectivity index (χ3n) is 1.27. The molecule has 0 unspecified atom stereocenters. The van der Waals surface area contributed by atoms with E-state index < -0.39 is 15.7 Å². The first kappa shape index (κ1) is 6.80. The van der Waals surface area contributed by atoms with E-state index in [1.165, 1.54) is 5.56 Å². The second-order valence-electron chi connectivity index (χ2n) is 2.12. The molecule has 0 atom stereocenters. The van der Waals surface area contributed by atoms with E-state index in [-0.39, 0.29) is 0 Å². The van der Waals surface area contributed by atoms with Crippen LogP contribution in [0.1, 0.15) is 5.56 Å². The maximum atomic E-state index is 12.0. The van der Waals surface area contributed by atoms with Gasteiger partial charge in [0.15, 0.2) is 0 Å². The lowest BCUT2D eigenvalue weighted by Gasteiger charge is -1.91. The van der Waals surface area contributed by atoms with Crippen LogP contribution in [-0.4, -0.2) is 15.7 Å². The summed E-state index contributed by atoms with van der Waals surface area (Å²) >= 11 is -1.42. The minimum absolute atomic E-state index is 0.889. The van der Waals surface area contributed by atoms with E-state index >= 15 is 0 Å². The lowest BCUT2D eigenvalue weighted by Crippen LogP contribution is -2.07. The summed E-state index contributed by atoms with van der Waals surface area (Å²) in [6.45, 7) is 2.00. The summed E-state index contributed by atoms with van der Waals surface area (Å²) in [7, 11) is 0. The van der Waals surface area contributed by atoms with Crippen LogP contribution < -0.4 is 4.43 Å². The van der Waals surface area contributed by atoms with Gasteiger partial charge in [-0.05, 0) is 6.92 Å². The third-order valence-corrected chi connectivity index (χ3v) is 2.05. The van der Waals surface area contributed by atoms with E-state index in [1.54, 1.807) is 0 Å². The number of halogens is 1. The minimum Gasteiger partial charge on any atom is -0.416 e.